The van der Waals surface area contributed by atoms with Crippen LogP contribution < -0.4 is 15.0 Å². The molecule has 1 aliphatic heterocycles. The lowest BCUT2D eigenvalue weighted by Crippen LogP contribution is -2.31. The van der Waals surface area contributed by atoms with Gasteiger partial charge in [-0.25, -0.2) is 0 Å². The molecule has 2 aromatic carbocycles. The molecular weight excluding hydrogens is 288 g/mol. The van der Waals surface area contributed by atoms with Gasteiger partial charge in [-0.1, -0.05) is 12.1 Å². The Morgan fingerprint density at radius 1 is 1.22 bits per heavy atom. The average Bonchev–Trinajstić information content (AvgIpc) is 2.55. The van der Waals surface area contributed by atoms with Gasteiger partial charge in [0.2, 0.25) is 0 Å². The molecular formula is C19H24N2O2. The van der Waals surface area contributed by atoms with E-state index in [0.29, 0.717) is 5.75 Å². The van der Waals surface area contributed by atoms with E-state index in [9.17, 15) is 5.11 Å². The molecule has 1 aliphatic rings. The van der Waals surface area contributed by atoms with Crippen LogP contribution in [-0.2, 0) is 12.8 Å². The standard InChI is InChI=1S/C19H24N2O2/c1-21(2)15-5-6-16-14(12-15)8-9-20-17(16)10-13-4-7-19(23-3)18(22)11-13/h4-7,11-12,17,20,22H,8-10H2,1-3H3. The van der Waals surface area contributed by atoms with Gasteiger partial charge in [0.25, 0.3) is 0 Å². The minimum absolute atomic E-state index is 0.198. The van der Waals surface area contributed by atoms with Crippen molar-refractivity contribution in [1.29, 1.82) is 0 Å². The summed E-state index contributed by atoms with van der Waals surface area (Å²) >= 11 is 0. The van der Waals surface area contributed by atoms with Crippen molar-refractivity contribution in [2.75, 3.05) is 32.6 Å². The zero-order chi connectivity index (χ0) is 16.4. The van der Waals surface area contributed by atoms with Crippen molar-refractivity contribution in [3.8, 4) is 11.5 Å². The molecule has 0 spiro atoms. The van der Waals surface area contributed by atoms with Crippen molar-refractivity contribution in [2.45, 2.75) is 18.9 Å². The molecule has 3 rings (SSSR count). The molecule has 1 atom stereocenters. The highest BCUT2D eigenvalue weighted by Gasteiger charge is 2.21. The van der Waals surface area contributed by atoms with Gasteiger partial charge in [0.1, 0.15) is 0 Å². The molecule has 0 radical (unpaired) electrons. The van der Waals surface area contributed by atoms with Crippen LogP contribution in [0.5, 0.6) is 11.5 Å². The number of hydrogen-bond donors (Lipinski definition) is 2. The van der Waals surface area contributed by atoms with Gasteiger partial charge in [-0.15, -0.1) is 0 Å². The zero-order valence-corrected chi connectivity index (χ0v) is 14.0. The van der Waals surface area contributed by atoms with E-state index in [1.54, 1.807) is 13.2 Å². The third-order valence-corrected chi connectivity index (χ3v) is 4.49. The van der Waals surface area contributed by atoms with Gasteiger partial charge in [0.15, 0.2) is 11.5 Å². The molecule has 0 saturated carbocycles. The number of anilines is 1. The predicted octanol–water partition coefficient (Wildman–Crippen LogP) is 2.90. The average molecular weight is 312 g/mol. The van der Waals surface area contributed by atoms with E-state index in [4.69, 9.17) is 4.74 Å². The molecule has 23 heavy (non-hydrogen) atoms. The highest BCUT2D eigenvalue weighted by Crippen LogP contribution is 2.32. The smallest absolute Gasteiger partial charge is 0.160 e. The van der Waals surface area contributed by atoms with Gasteiger partial charge in [0.05, 0.1) is 7.11 Å². The van der Waals surface area contributed by atoms with E-state index < -0.39 is 0 Å². The molecule has 2 aromatic rings. The van der Waals surface area contributed by atoms with Gasteiger partial charge in [-0.05, 0) is 60.3 Å². The fourth-order valence-electron chi connectivity index (χ4n) is 3.20. The number of ether oxygens (including phenoxy) is 1. The molecule has 1 heterocycles. The van der Waals surface area contributed by atoms with Gasteiger partial charge in [-0.3, -0.25) is 0 Å². The number of aromatic hydroxyl groups is 1. The Morgan fingerprint density at radius 2 is 2.04 bits per heavy atom. The van der Waals surface area contributed by atoms with Gasteiger partial charge in [0, 0.05) is 25.8 Å². The monoisotopic (exact) mass is 312 g/mol. The second kappa shape index (κ2) is 6.50. The fraction of sp³-hybridized carbons (Fsp3) is 0.368. The van der Waals surface area contributed by atoms with Crippen LogP contribution in [0.25, 0.3) is 0 Å². The maximum Gasteiger partial charge on any atom is 0.160 e. The van der Waals surface area contributed by atoms with Crippen LogP contribution in [0, 0.1) is 0 Å². The minimum Gasteiger partial charge on any atom is -0.504 e. The summed E-state index contributed by atoms with van der Waals surface area (Å²) in [6, 6.07) is 12.6. The Hall–Kier alpha value is -2.20. The maximum atomic E-state index is 9.96. The summed E-state index contributed by atoms with van der Waals surface area (Å²) in [5.74, 6) is 0.713. The molecule has 0 fully saturated rings. The fourth-order valence-corrected chi connectivity index (χ4v) is 3.20. The van der Waals surface area contributed by atoms with E-state index >= 15 is 0 Å². The highest BCUT2D eigenvalue weighted by atomic mass is 16.5. The first-order valence-electron chi connectivity index (χ1n) is 7.98. The summed E-state index contributed by atoms with van der Waals surface area (Å²) in [7, 11) is 5.71. The number of nitrogens with one attached hydrogen (secondary N) is 1. The quantitative estimate of drug-likeness (QED) is 0.911. The van der Waals surface area contributed by atoms with Crippen molar-refractivity contribution in [1.82, 2.24) is 5.32 Å². The third kappa shape index (κ3) is 3.27. The van der Waals surface area contributed by atoms with Crippen molar-refractivity contribution >= 4 is 5.69 Å². The lowest BCUT2D eigenvalue weighted by atomic mass is 9.90. The van der Waals surface area contributed by atoms with E-state index in [0.717, 1.165) is 24.9 Å². The van der Waals surface area contributed by atoms with Crippen LogP contribution in [-0.4, -0.2) is 32.9 Å². The second-order valence-electron chi connectivity index (χ2n) is 6.24. The highest BCUT2D eigenvalue weighted by molar-refractivity contribution is 5.52. The number of rotatable bonds is 4. The Bertz CT molecular complexity index is 698. The van der Waals surface area contributed by atoms with Crippen LogP contribution in [0.4, 0.5) is 5.69 Å². The van der Waals surface area contributed by atoms with Crippen LogP contribution in [0.1, 0.15) is 22.7 Å². The minimum atomic E-state index is 0.198. The van der Waals surface area contributed by atoms with Crippen LogP contribution >= 0.6 is 0 Å². The number of methoxy groups -OCH3 is 1. The number of nitrogens with zero attached hydrogens (tertiary/aromatic N) is 1. The van der Waals surface area contributed by atoms with Crippen LogP contribution in [0.15, 0.2) is 36.4 Å². The number of fused-ring (bicyclic) bond motifs is 1. The zero-order valence-electron chi connectivity index (χ0n) is 14.0. The SMILES string of the molecule is COc1ccc(CC2NCCc3cc(N(C)C)ccc32)cc1O. The Balaban J connectivity index is 1.84. The normalized spacial score (nSPS) is 16.7. The topological polar surface area (TPSA) is 44.7 Å². The summed E-state index contributed by atoms with van der Waals surface area (Å²) in [5, 5.41) is 13.6. The lowest BCUT2D eigenvalue weighted by molar-refractivity contribution is 0.372. The second-order valence-corrected chi connectivity index (χ2v) is 6.24. The molecule has 0 aliphatic carbocycles. The first-order chi connectivity index (χ1) is 11.1. The number of phenols is 1. The van der Waals surface area contributed by atoms with Crippen molar-refractivity contribution in [3.05, 3.63) is 53.1 Å². The predicted molar refractivity (Wildman–Crippen MR) is 93.6 cm³/mol. The first kappa shape index (κ1) is 15.7. The molecule has 4 nitrogen and oxygen atoms in total. The summed E-state index contributed by atoms with van der Waals surface area (Å²) in [6.07, 6.45) is 1.91. The Morgan fingerprint density at radius 3 is 2.74 bits per heavy atom. The van der Waals surface area contributed by atoms with E-state index in [1.807, 2.05) is 12.1 Å². The maximum absolute atomic E-state index is 9.96. The number of phenolic OH excluding ortho intramolecular Hbond substituents is 1. The molecule has 2 N–H and O–H groups in total. The van der Waals surface area contributed by atoms with E-state index in [-0.39, 0.29) is 11.8 Å². The van der Waals surface area contributed by atoms with Crippen molar-refractivity contribution in [3.63, 3.8) is 0 Å². The molecule has 0 amide bonds. The van der Waals surface area contributed by atoms with Crippen LogP contribution in [0.3, 0.4) is 0 Å². The molecule has 122 valence electrons. The Kier molecular flexibility index (Phi) is 4.44. The number of hydrogen-bond acceptors (Lipinski definition) is 4. The molecule has 0 bridgehead atoms. The summed E-state index contributed by atoms with van der Waals surface area (Å²) in [6.45, 7) is 0.983. The Labute approximate surface area is 137 Å². The van der Waals surface area contributed by atoms with Crippen LogP contribution in [0.2, 0.25) is 0 Å². The van der Waals surface area contributed by atoms with E-state index in [1.165, 1.54) is 16.8 Å². The van der Waals surface area contributed by atoms with Crippen molar-refractivity contribution in [2.24, 2.45) is 0 Å². The largest absolute Gasteiger partial charge is 0.504 e. The van der Waals surface area contributed by atoms with Gasteiger partial charge in [-0.2, -0.15) is 0 Å². The molecule has 0 saturated heterocycles. The molecule has 0 aromatic heterocycles. The summed E-state index contributed by atoms with van der Waals surface area (Å²) in [4.78, 5) is 2.14. The molecule has 1 unspecified atom stereocenters. The molecule has 4 heteroatoms. The van der Waals surface area contributed by atoms with Gasteiger partial charge >= 0.3 is 0 Å². The van der Waals surface area contributed by atoms with Crippen molar-refractivity contribution < 1.29 is 9.84 Å². The summed E-state index contributed by atoms with van der Waals surface area (Å²) in [5.41, 5.74) is 5.12. The van der Waals surface area contributed by atoms with E-state index in [2.05, 4.69) is 42.5 Å². The third-order valence-electron chi connectivity index (χ3n) is 4.49. The number of benzene rings is 2. The lowest BCUT2D eigenvalue weighted by Gasteiger charge is -2.28. The van der Waals surface area contributed by atoms with Gasteiger partial charge < -0.3 is 20.1 Å². The first-order valence-corrected chi connectivity index (χ1v) is 7.98. The summed E-state index contributed by atoms with van der Waals surface area (Å²) < 4.78 is 5.11.